The molecule has 1 saturated heterocycles. The van der Waals surface area contributed by atoms with Gasteiger partial charge in [0.1, 0.15) is 17.6 Å². The highest BCUT2D eigenvalue weighted by Crippen LogP contribution is 2.54. The lowest BCUT2D eigenvalue weighted by molar-refractivity contribution is -0.122. The average Bonchev–Trinajstić information content (AvgIpc) is 3.48. The van der Waals surface area contributed by atoms with Crippen molar-refractivity contribution < 1.29 is 18.8 Å². The largest absolute Gasteiger partial charge is 0.378 e. The Balaban J connectivity index is 1.28. The normalized spacial score (nSPS) is 19.0. The van der Waals surface area contributed by atoms with Crippen molar-refractivity contribution in [2.24, 2.45) is 5.92 Å². The van der Waals surface area contributed by atoms with Gasteiger partial charge in [-0.25, -0.2) is 9.29 Å². The lowest BCUT2D eigenvalue weighted by Gasteiger charge is -2.31. The Bertz CT molecular complexity index is 2030. The van der Waals surface area contributed by atoms with E-state index in [4.69, 9.17) is 0 Å². The molecule has 2 aliphatic rings. The number of fused-ring (bicyclic) bond motifs is 3. The molecule has 3 atom stereocenters. The van der Waals surface area contributed by atoms with E-state index in [2.05, 4.69) is 5.32 Å². The van der Waals surface area contributed by atoms with E-state index < -0.39 is 34.7 Å². The number of anilines is 3. The number of nitrogens with zero attached hydrogens (tertiary/aromatic N) is 3. The van der Waals surface area contributed by atoms with Gasteiger partial charge < -0.3 is 10.2 Å². The van der Waals surface area contributed by atoms with Crippen LogP contribution in [-0.2, 0) is 20.9 Å². The van der Waals surface area contributed by atoms with E-state index in [9.17, 15) is 23.6 Å². The Morgan fingerprint density at radius 2 is 1.60 bits per heavy atom. The molecule has 1 fully saturated rings. The molecule has 0 radical (unpaired) electrons. The van der Waals surface area contributed by atoms with Crippen molar-refractivity contribution >= 4 is 68.7 Å². The van der Waals surface area contributed by atoms with Gasteiger partial charge in [0.15, 0.2) is 0 Å². The summed E-state index contributed by atoms with van der Waals surface area (Å²) in [6, 6.07) is 26.3. The minimum absolute atomic E-state index is 0.256. The average molecular weight is 639 g/mol. The van der Waals surface area contributed by atoms with Crippen molar-refractivity contribution in [1.29, 1.82) is 0 Å². The van der Waals surface area contributed by atoms with Crippen LogP contribution in [0.2, 0.25) is 0 Å². The molecule has 5 aromatic rings. The van der Waals surface area contributed by atoms with E-state index in [0.29, 0.717) is 21.3 Å². The summed E-state index contributed by atoms with van der Waals surface area (Å²) in [5.74, 6) is -3.09. The lowest BCUT2D eigenvalue weighted by Crippen LogP contribution is -2.33. The maximum absolute atomic E-state index is 14.0. The Morgan fingerprint density at radius 3 is 2.33 bits per heavy atom. The summed E-state index contributed by atoms with van der Waals surface area (Å²) in [5, 5.41) is 4.46. The number of thioether (sulfide) groups is 1. The number of nitrogens with one attached hydrogen (secondary N) is 1. The third kappa shape index (κ3) is 5.01. The minimum atomic E-state index is -0.838. The third-order valence-corrected chi connectivity index (χ3v) is 10.9. The molecule has 3 amide bonds. The summed E-state index contributed by atoms with van der Waals surface area (Å²) >= 11 is 2.14. The summed E-state index contributed by atoms with van der Waals surface area (Å²) in [6.07, 6.45) is 0. The molecule has 45 heavy (non-hydrogen) atoms. The Morgan fingerprint density at radius 1 is 0.889 bits per heavy atom. The molecule has 11 heteroatoms. The SMILES string of the molecule is CN(C)c1ccc([C@@H]2c3sc(=O)n(CC(=O)Nc4cccc5ccccc45)c3S[C@H]3C(=O)N(c4ccc(F)cc4)C(=O)[C@@H]23)cc1. The first-order chi connectivity index (χ1) is 21.7. The number of hydrogen-bond acceptors (Lipinski definition) is 7. The van der Waals surface area contributed by atoms with E-state index in [-0.39, 0.29) is 17.3 Å². The van der Waals surface area contributed by atoms with Crippen molar-refractivity contribution in [2.45, 2.75) is 22.7 Å². The molecule has 2 aliphatic heterocycles. The van der Waals surface area contributed by atoms with Gasteiger partial charge >= 0.3 is 4.87 Å². The van der Waals surface area contributed by atoms with Crippen molar-refractivity contribution in [3.05, 3.63) is 117 Å². The number of amides is 3. The molecule has 3 heterocycles. The summed E-state index contributed by atoms with van der Waals surface area (Å²) in [4.78, 5) is 58.2. The number of rotatable bonds is 6. The number of carbonyl (C=O) groups is 3. The molecular formula is C34H27FN4O4S2. The second-order valence-corrected chi connectivity index (χ2v) is 13.3. The van der Waals surface area contributed by atoms with Gasteiger partial charge in [-0.05, 0) is 53.4 Å². The van der Waals surface area contributed by atoms with Crippen molar-refractivity contribution in [3.8, 4) is 0 Å². The van der Waals surface area contributed by atoms with Crippen LogP contribution in [0.25, 0.3) is 10.8 Å². The molecular weight excluding hydrogens is 612 g/mol. The highest BCUT2D eigenvalue weighted by molar-refractivity contribution is 8.00. The molecule has 0 saturated carbocycles. The predicted octanol–water partition coefficient (Wildman–Crippen LogP) is 5.70. The van der Waals surface area contributed by atoms with Crippen LogP contribution in [0.4, 0.5) is 21.5 Å². The van der Waals surface area contributed by atoms with Gasteiger partial charge in [-0.3, -0.25) is 23.7 Å². The number of halogens is 1. The first-order valence-corrected chi connectivity index (χ1v) is 16.0. The highest BCUT2D eigenvalue weighted by atomic mass is 32.2. The second-order valence-electron chi connectivity index (χ2n) is 11.2. The number of benzene rings is 4. The van der Waals surface area contributed by atoms with Gasteiger partial charge in [0, 0.05) is 41.7 Å². The second kappa shape index (κ2) is 11.3. The van der Waals surface area contributed by atoms with E-state index in [1.807, 2.05) is 85.7 Å². The Labute approximate surface area is 266 Å². The van der Waals surface area contributed by atoms with Gasteiger partial charge in [-0.15, -0.1) is 0 Å². The quantitative estimate of drug-likeness (QED) is 0.240. The Kier molecular flexibility index (Phi) is 7.29. The van der Waals surface area contributed by atoms with Gasteiger partial charge in [-0.2, -0.15) is 0 Å². The first kappa shape index (κ1) is 29.0. The Hall–Kier alpha value is -4.74. The molecule has 0 aliphatic carbocycles. The fourth-order valence-electron chi connectivity index (χ4n) is 6.11. The number of aromatic nitrogens is 1. The van der Waals surface area contributed by atoms with Gasteiger partial charge in [0.2, 0.25) is 17.7 Å². The number of carbonyl (C=O) groups excluding carboxylic acids is 3. The summed E-state index contributed by atoms with van der Waals surface area (Å²) in [5.41, 5.74) is 2.66. The molecule has 0 bridgehead atoms. The standard InChI is InChI=1S/C34H27FN4O4S2/c1-37(2)22-14-10-20(11-15-22)27-28-29(32(42)39(31(28)41)23-16-12-21(35)13-17-23)44-33-30(27)45-34(43)38(33)18-26(40)36-25-9-5-7-19-6-3-4-8-24(19)25/h3-17,27-29H,18H2,1-2H3,(H,36,40)/t27-,28-,29+/m0/s1. The summed E-state index contributed by atoms with van der Waals surface area (Å²) in [6.45, 7) is -0.256. The van der Waals surface area contributed by atoms with E-state index in [1.54, 1.807) is 0 Å². The van der Waals surface area contributed by atoms with Crippen molar-refractivity contribution in [3.63, 3.8) is 0 Å². The van der Waals surface area contributed by atoms with E-state index in [1.165, 1.54) is 28.8 Å². The van der Waals surface area contributed by atoms with E-state index >= 15 is 0 Å². The van der Waals surface area contributed by atoms with Gasteiger partial charge in [-0.1, -0.05) is 71.6 Å². The predicted molar refractivity (Wildman–Crippen MR) is 176 cm³/mol. The number of thiazole rings is 1. The maximum Gasteiger partial charge on any atom is 0.308 e. The molecule has 1 N–H and O–H groups in total. The maximum atomic E-state index is 14.0. The van der Waals surface area contributed by atoms with Gasteiger partial charge in [0.05, 0.1) is 16.6 Å². The zero-order chi connectivity index (χ0) is 31.4. The fourth-order valence-corrected chi connectivity index (χ4v) is 8.88. The zero-order valence-electron chi connectivity index (χ0n) is 24.3. The first-order valence-electron chi connectivity index (χ1n) is 14.3. The van der Waals surface area contributed by atoms with Crippen LogP contribution in [0.1, 0.15) is 16.4 Å². The van der Waals surface area contributed by atoms with Crippen LogP contribution in [0.5, 0.6) is 0 Å². The van der Waals surface area contributed by atoms with Crippen LogP contribution >= 0.6 is 23.1 Å². The van der Waals surface area contributed by atoms with Crippen molar-refractivity contribution in [1.82, 2.24) is 4.57 Å². The molecule has 4 aromatic carbocycles. The summed E-state index contributed by atoms with van der Waals surface area (Å²) < 4.78 is 15.1. The van der Waals surface area contributed by atoms with E-state index in [0.717, 1.165) is 50.0 Å². The van der Waals surface area contributed by atoms with Crippen molar-refractivity contribution in [2.75, 3.05) is 29.2 Å². The highest BCUT2D eigenvalue weighted by Gasteiger charge is 2.56. The van der Waals surface area contributed by atoms with Gasteiger partial charge in [0.25, 0.3) is 0 Å². The third-order valence-electron chi connectivity index (χ3n) is 8.27. The molecule has 1 aromatic heterocycles. The van der Waals surface area contributed by atoms with Crippen LogP contribution in [0.3, 0.4) is 0 Å². The molecule has 8 nitrogen and oxygen atoms in total. The van der Waals surface area contributed by atoms with Crippen LogP contribution in [-0.4, -0.2) is 41.6 Å². The van der Waals surface area contributed by atoms with Crippen LogP contribution in [0.15, 0.2) is 101 Å². The number of hydrogen-bond donors (Lipinski definition) is 1. The zero-order valence-corrected chi connectivity index (χ0v) is 25.9. The lowest BCUT2D eigenvalue weighted by atomic mass is 9.83. The topological polar surface area (TPSA) is 91.7 Å². The monoisotopic (exact) mass is 638 g/mol. The minimum Gasteiger partial charge on any atom is -0.378 e. The van der Waals surface area contributed by atoms with Crippen LogP contribution < -0.4 is 20.0 Å². The molecule has 0 spiro atoms. The molecule has 7 rings (SSSR count). The summed E-state index contributed by atoms with van der Waals surface area (Å²) in [7, 11) is 3.85. The smallest absolute Gasteiger partial charge is 0.308 e. The molecule has 226 valence electrons. The number of imide groups is 1. The van der Waals surface area contributed by atoms with Crippen LogP contribution in [0, 0.1) is 11.7 Å². The molecule has 0 unspecified atom stereocenters. The fraction of sp³-hybridized carbons (Fsp3) is 0.176.